The van der Waals surface area contributed by atoms with Crippen LogP contribution < -0.4 is 11.5 Å². The summed E-state index contributed by atoms with van der Waals surface area (Å²) in [5, 5.41) is 0. The van der Waals surface area contributed by atoms with Gasteiger partial charge in [0.15, 0.2) is 0 Å². The molecule has 1 atom stereocenters. The summed E-state index contributed by atoms with van der Waals surface area (Å²) in [6, 6.07) is -0.976. The summed E-state index contributed by atoms with van der Waals surface area (Å²) in [5.74, 6) is -1.88. The maximum atomic E-state index is 11.5. The predicted octanol–water partition coefficient (Wildman–Crippen LogP) is 1.14. The number of unbranched alkanes of at least 4 members (excludes halogenated alkanes) is 6. The second-order valence-electron chi connectivity index (χ2n) is 5.28. The van der Waals surface area contributed by atoms with Crippen LogP contribution in [0.4, 0.5) is 0 Å². The number of hydrogen-bond donors (Lipinski definition) is 2. The van der Waals surface area contributed by atoms with Crippen LogP contribution in [-0.2, 0) is 19.1 Å². The first kappa shape index (κ1) is 23.8. The van der Waals surface area contributed by atoms with E-state index in [1.807, 2.05) is 0 Å². The van der Waals surface area contributed by atoms with Crippen molar-refractivity contribution in [3.05, 3.63) is 0 Å². The third-order valence-corrected chi connectivity index (χ3v) is 3.20. The zero-order chi connectivity index (χ0) is 16.1. The first-order chi connectivity index (χ1) is 9.97. The predicted molar refractivity (Wildman–Crippen MR) is 87.3 cm³/mol. The molecule has 0 heterocycles. The molecule has 0 unspecified atom stereocenters. The molecular formula is C15H29N2NaO4. The van der Waals surface area contributed by atoms with E-state index in [2.05, 4.69) is 11.7 Å². The fraction of sp³-hybridized carbons (Fsp3) is 0.800. The van der Waals surface area contributed by atoms with Gasteiger partial charge in [0.05, 0.1) is 0 Å². The van der Waals surface area contributed by atoms with Crippen LogP contribution in [0.3, 0.4) is 0 Å². The van der Waals surface area contributed by atoms with Crippen molar-refractivity contribution >= 4 is 47.4 Å². The Morgan fingerprint density at radius 3 is 2.05 bits per heavy atom. The number of ether oxygens (including phenoxy) is 1. The molecule has 22 heavy (non-hydrogen) atoms. The van der Waals surface area contributed by atoms with Crippen LogP contribution in [0.5, 0.6) is 0 Å². The van der Waals surface area contributed by atoms with Gasteiger partial charge in [0.25, 0.3) is 0 Å². The number of hydrogen-bond acceptors (Lipinski definition) is 5. The fourth-order valence-electron chi connectivity index (χ4n) is 1.88. The molecule has 0 bridgehead atoms. The number of amides is 1. The molecule has 0 fully saturated rings. The summed E-state index contributed by atoms with van der Waals surface area (Å²) in [6.45, 7) is 2.17. The van der Waals surface area contributed by atoms with E-state index in [0.717, 1.165) is 19.3 Å². The molecule has 0 saturated heterocycles. The first-order valence-electron chi connectivity index (χ1n) is 7.75. The van der Waals surface area contributed by atoms with Crippen molar-refractivity contribution in [2.45, 2.75) is 77.2 Å². The summed E-state index contributed by atoms with van der Waals surface area (Å²) in [4.78, 5) is 33.5. The quantitative estimate of drug-likeness (QED) is 0.242. The van der Waals surface area contributed by atoms with Crippen molar-refractivity contribution in [2.75, 3.05) is 0 Å². The number of rotatable bonds is 12. The molecule has 0 aromatic heterocycles. The molecule has 0 spiro atoms. The Bertz CT molecular complexity index is 338. The van der Waals surface area contributed by atoms with Crippen molar-refractivity contribution in [1.29, 1.82) is 0 Å². The van der Waals surface area contributed by atoms with Gasteiger partial charge in [-0.15, -0.1) is 0 Å². The van der Waals surface area contributed by atoms with Gasteiger partial charge in [-0.3, -0.25) is 9.59 Å². The van der Waals surface area contributed by atoms with Crippen molar-refractivity contribution in [2.24, 2.45) is 11.5 Å². The third kappa shape index (κ3) is 14.5. The third-order valence-electron chi connectivity index (χ3n) is 3.20. The summed E-state index contributed by atoms with van der Waals surface area (Å²) >= 11 is 0. The summed E-state index contributed by atoms with van der Waals surface area (Å²) in [7, 11) is 0. The molecule has 0 saturated carbocycles. The molecule has 0 aliphatic carbocycles. The zero-order valence-corrected chi connectivity index (χ0v) is 12.9. The van der Waals surface area contributed by atoms with E-state index in [4.69, 9.17) is 11.5 Å². The Morgan fingerprint density at radius 2 is 1.50 bits per heavy atom. The molecule has 7 heteroatoms. The van der Waals surface area contributed by atoms with Gasteiger partial charge in [-0.25, -0.2) is 4.79 Å². The molecule has 0 radical (unpaired) electrons. The Kier molecular flexibility index (Phi) is 16.8. The van der Waals surface area contributed by atoms with Crippen LogP contribution in [0.2, 0.25) is 0 Å². The molecule has 0 aromatic carbocycles. The minimum atomic E-state index is -0.976. The SMILES string of the molecule is CCCCCCCCCC(=O)OC(=O)[C@@H](N)CCC(N)=O.[NaH]. The fourth-order valence-corrected chi connectivity index (χ4v) is 1.88. The molecule has 124 valence electrons. The van der Waals surface area contributed by atoms with Crippen LogP contribution in [0.25, 0.3) is 0 Å². The Labute approximate surface area is 155 Å². The standard InChI is InChI=1S/C15H28N2O4.Na.H/c1-2-3-4-5-6-7-8-9-14(19)21-15(20)12(16)10-11-13(17)18;;/h12H,2-11,16H2,1H3,(H2,17,18);;/t12-;;/m0../s1. The first-order valence-corrected chi connectivity index (χ1v) is 7.75. The van der Waals surface area contributed by atoms with Gasteiger partial charge in [-0.2, -0.15) is 0 Å². The number of carbonyl (C=O) groups excluding carboxylic acids is 3. The summed E-state index contributed by atoms with van der Waals surface area (Å²) in [5.41, 5.74) is 10.5. The molecule has 0 rings (SSSR count). The van der Waals surface area contributed by atoms with Gasteiger partial charge in [0, 0.05) is 12.8 Å². The van der Waals surface area contributed by atoms with Crippen molar-refractivity contribution in [1.82, 2.24) is 0 Å². The topological polar surface area (TPSA) is 112 Å². The van der Waals surface area contributed by atoms with Gasteiger partial charge >= 0.3 is 41.5 Å². The molecule has 0 aliphatic heterocycles. The van der Waals surface area contributed by atoms with E-state index in [9.17, 15) is 14.4 Å². The number of esters is 2. The van der Waals surface area contributed by atoms with Crippen molar-refractivity contribution in [3.63, 3.8) is 0 Å². The Hall–Kier alpha value is -0.430. The second-order valence-corrected chi connectivity index (χ2v) is 5.28. The van der Waals surface area contributed by atoms with Gasteiger partial charge in [0.1, 0.15) is 6.04 Å². The van der Waals surface area contributed by atoms with Gasteiger partial charge in [-0.05, 0) is 12.8 Å². The van der Waals surface area contributed by atoms with Gasteiger partial charge in [0.2, 0.25) is 5.91 Å². The molecule has 0 aromatic rings. The zero-order valence-electron chi connectivity index (χ0n) is 12.9. The number of carbonyl (C=O) groups is 3. The van der Waals surface area contributed by atoms with E-state index in [-0.39, 0.29) is 48.8 Å². The van der Waals surface area contributed by atoms with Crippen LogP contribution in [0.15, 0.2) is 0 Å². The van der Waals surface area contributed by atoms with E-state index in [0.29, 0.717) is 0 Å². The van der Waals surface area contributed by atoms with Crippen LogP contribution in [-0.4, -0.2) is 53.4 Å². The average molecular weight is 324 g/mol. The second kappa shape index (κ2) is 15.5. The minimum absolute atomic E-state index is 0. The number of primary amides is 1. The van der Waals surface area contributed by atoms with Crippen LogP contribution >= 0.6 is 0 Å². The van der Waals surface area contributed by atoms with Gasteiger partial charge < -0.3 is 16.2 Å². The van der Waals surface area contributed by atoms with E-state index in [1.165, 1.54) is 25.7 Å². The Balaban J connectivity index is 0. The molecule has 6 nitrogen and oxygen atoms in total. The Morgan fingerprint density at radius 1 is 0.955 bits per heavy atom. The van der Waals surface area contributed by atoms with Crippen molar-refractivity contribution in [3.8, 4) is 0 Å². The van der Waals surface area contributed by atoms with E-state index >= 15 is 0 Å². The monoisotopic (exact) mass is 324 g/mol. The molecular weight excluding hydrogens is 295 g/mol. The van der Waals surface area contributed by atoms with Gasteiger partial charge in [-0.1, -0.05) is 45.4 Å². The van der Waals surface area contributed by atoms with E-state index < -0.39 is 23.9 Å². The normalized spacial score (nSPS) is 11.4. The molecule has 1 amide bonds. The van der Waals surface area contributed by atoms with Crippen LogP contribution in [0.1, 0.15) is 71.1 Å². The summed E-state index contributed by atoms with van der Waals surface area (Å²) < 4.78 is 4.63. The molecule has 4 N–H and O–H groups in total. The average Bonchev–Trinajstić information content (AvgIpc) is 2.43. The summed E-state index contributed by atoms with van der Waals surface area (Å²) in [6.07, 6.45) is 7.97. The maximum absolute atomic E-state index is 11.5. The molecule has 0 aliphatic rings. The van der Waals surface area contributed by atoms with E-state index in [1.54, 1.807) is 0 Å². The number of nitrogens with two attached hydrogens (primary N) is 2. The van der Waals surface area contributed by atoms with Crippen LogP contribution in [0, 0.1) is 0 Å². The van der Waals surface area contributed by atoms with Crippen molar-refractivity contribution < 1.29 is 19.1 Å².